The Hall–Kier alpha value is -1.85. The molecule has 0 aromatic carbocycles. The largest absolute Gasteiger partial charge is 0.396 e. The Balaban J connectivity index is 2.46. The van der Waals surface area contributed by atoms with Gasteiger partial charge in [0.1, 0.15) is 12.1 Å². The van der Waals surface area contributed by atoms with Crippen LogP contribution in [0.15, 0.2) is 6.33 Å². The van der Waals surface area contributed by atoms with Crippen LogP contribution in [0.4, 0.5) is 0 Å². The summed E-state index contributed by atoms with van der Waals surface area (Å²) in [7, 11) is 0. The normalized spacial score (nSPS) is 9.69. The van der Waals surface area contributed by atoms with Crippen LogP contribution in [-0.2, 0) is 6.54 Å². The van der Waals surface area contributed by atoms with Gasteiger partial charge in [0.15, 0.2) is 11.4 Å². The van der Waals surface area contributed by atoms with Gasteiger partial charge in [0.05, 0.1) is 6.33 Å². The molecule has 0 amide bonds. The monoisotopic (exact) mass is 218 g/mol. The summed E-state index contributed by atoms with van der Waals surface area (Å²) in [6.07, 6.45) is 5.27. The second-order valence-electron chi connectivity index (χ2n) is 3.50. The van der Waals surface area contributed by atoms with E-state index in [1.54, 1.807) is 4.57 Å². The van der Waals surface area contributed by atoms with E-state index >= 15 is 0 Å². The van der Waals surface area contributed by atoms with E-state index < -0.39 is 0 Å². The third-order valence-electron chi connectivity index (χ3n) is 2.36. The van der Waals surface area contributed by atoms with Gasteiger partial charge >= 0.3 is 0 Å². The van der Waals surface area contributed by atoms with Gasteiger partial charge in [0, 0.05) is 13.2 Å². The van der Waals surface area contributed by atoms with Crippen molar-refractivity contribution in [1.29, 1.82) is 10.5 Å². The van der Waals surface area contributed by atoms with Gasteiger partial charge in [-0.3, -0.25) is 0 Å². The molecule has 1 aromatic rings. The molecule has 0 fully saturated rings. The Kier molecular flexibility index (Phi) is 5.04. The molecular formula is C11H14N4O. The first-order valence-electron chi connectivity index (χ1n) is 5.29. The lowest BCUT2D eigenvalue weighted by Crippen LogP contribution is -2.00. The number of nitrogens with zero attached hydrogens (tertiary/aromatic N) is 4. The number of aromatic nitrogens is 2. The van der Waals surface area contributed by atoms with Crippen molar-refractivity contribution in [3.63, 3.8) is 0 Å². The van der Waals surface area contributed by atoms with Crippen LogP contribution in [0.3, 0.4) is 0 Å². The summed E-state index contributed by atoms with van der Waals surface area (Å²) >= 11 is 0. The first-order valence-corrected chi connectivity index (χ1v) is 5.29. The van der Waals surface area contributed by atoms with Crippen molar-refractivity contribution >= 4 is 0 Å². The van der Waals surface area contributed by atoms with Crippen LogP contribution in [0, 0.1) is 22.7 Å². The second-order valence-corrected chi connectivity index (χ2v) is 3.50. The van der Waals surface area contributed by atoms with Gasteiger partial charge in [0.25, 0.3) is 0 Å². The molecule has 0 aliphatic heterocycles. The maximum atomic E-state index is 8.87. The van der Waals surface area contributed by atoms with Crippen molar-refractivity contribution in [1.82, 2.24) is 9.55 Å². The fourth-order valence-corrected chi connectivity index (χ4v) is 1.50. The van der Waals surface area contributed by atoms with Crippen LogP contribution in [0.2, 0.25) is 0 Å². The molecule has 0 aliphatic rings. The molecule has 84 valence electrons. The summed E-state index contributed by atoms with van der Waals surface area (Å²) < 4.78 is 1.71. The van der Waals surface area contributed by atoms with Crippen molar-refractivity contribution < 1.29 is 5.11 Å². The first-order chi connectivity index (χ1) is 7.83. The molecule has 5 nitrogen and oxygen atoms in total. The molecule has 1 aromatic heterocycles. The number of rotatable bonds is 6. The van der Waals surface area contributed by atoms with E-state index in [9.17, 15) is 0 Å². The smallest absolute Gasteiger partial charge is 0.176 e. The van der Waals surface area contributed by atoms with E-state index in [0.29, 0.717) is 12.2 Å². The number of aryl methyl sites for hydroxylation is 1. The molecule has 1 N–H and O–H groups in total. The third kappa shape index (κ3) is 3.08. The van der Waals surface area contributed by atoms with Crippen LogP contribution < -0.4 is 0 Å². The quantitative estimate of drug-likeness (QED) is 0.726. The van der Waals surface area contributed by atoms with Crippen molar-refractivity contribution in [2.24, 2.45) is 0 Å². The Morgan fingerprint density at radius 2 is 1.94 bits per heavy atom. The number of hydrogen-bond donors (Lipinski definition) is 1. The van der Waals surface area contributed by atoms with Crippen LogP contribution in [0.5, 0.6) is 0 Å². The minimum absolute atomic E-state index is 0.192. The van der Waals surface area contributed by atoms with Crippen molar-refractivity contribution in [3.8, 4) is 12.1 Å². The molecular weight excluding hydrogens is 204 g/mol. The lowest BCUT2D eigenvalue weighted by molar-refractivity contribution is 0.282. The summed E-state index contributed by atoms with van der Waals surface area (Å²) in [4.78, 5) is 3.86. The molecule has 0 bridgehead atoms. The second kappa shape index (κ2) is 6.60. The van der Waals surface area contributed by atoms with Crippen molar-refractivity contribution in [2.75, 3.05) is 6.61 Å². The van der Waals surface area contributed by atoms with E-state index in [4.69, 9.17) is 15.6 Å². The molecule has 5 heteroatoms. The zero-order chi connectivity index (χ0) is 11.8. The highest BCUT2D eigenvalue weighted by Gasteiger charge is 2.08. The minimum atomic E-state index is 0.192. The summed E-state index contributed by atoms with van der Waals surface area (Å²) in [5, 5.41) is 26.2. The lowest BCUT2D eigenvalue weighted by Gasteiger charge is -2.02. The fourth-order valence-electron chi connectivity index (χ4n) is 1.50. The van der Waals surface area contributed by atoms with E-state index in [-0.39, 0.29) is 12.3 Å². The summed E-state index contributed by atoms with van der Waals surface area (Å²) in [6, 6.07) is 3.88. The van der Waals surface area contributed by atoms with Gasteiger partial charge in [-0.25, -0.2) is 4.98 Å². The molecule has 0 saturated heterocycles. The molecule has 0 aliphatic carbocycles. The van der Waals surface area contributed by atoms with Gasteiger partial charge in [-0.05, 0) is 12.8 Å². The van der Waals surface area contributed by atoms with Crippen LogP contribution in [-0.4, -0.2) is 21.3 Å². The Morgan fingerprint density at radius 1 is 1.19 bits per heavy atom. The van der Waals surface area contributed by atoms with Gasteiger partial charge in [-0.1, -0.05) is 12.8 Å². The highest BCUT2D eigenvalue weighted by Crippen LogP contribution is 2.08. The Labute approximate surface area is 94.6 Å². The van der Waals surface area contributed by atoms with Crippen LogP contribution in [0.1, 0.15) is 37.1 Å². The zero-order valence-corrected chi connectivity index (χ0v) is 9.06. The molecule has 1 rings (SSSR count). The van der Waals surface area contributed by atoms with Crippen LogP contribution >= 0.6 is 0 Å². The highest BCUT2D eigenvalue weighted by atomic mass is 16.2. The van der Waals surface area contributed by atoms with Crippen LogP contribution in [0.25, 0.3) is 0 Å². The average molecular weight is 218 g/mol. The molecule has 16 heavy (non-hydrogen) atoms. The van der Waals surface area contributed by atoms with Crippen molar-refractivity contribution in [2.45, 2.75) is 32.2 Å². The standard InChI is InChI=1S/C11H14N4O/c12-7-10-11(8-13)15(9-14-10)5-3-1-2-4-6-16/h9,16H,1-6H2. The van der Waals surface area contributed by atoms with E-state index in [0.717, 1.165) is 25.7 Å². The maximum absolute atomic E-state index is 8.87. The number of aliphatic hydroxyl groups excluding tert-OH is 1. The third-order valence-corrected chi connectivity index (χ3v) is 2.36. The topological polar surface area (TPSA) is 85.6 Å². The minimum Gasteiger partial charge on any atom is -0.396 e. The lowest BCUT2D eigenvalue weighted by atomic mass is 10.2. The molecule has 0 radical (unpaired) electrons. The number of hydrogen-bond acceptors (Lipinski definition) is 4. The van der Waals surface area contributed by atoms with E-state index in [1.807, 2.05) is 12.1 Å². The average Bonchev–Trinajstić information content (AvgIpc) is 2.71. The zero-order valence-electron chi connectivity index (χ0n) is 9.06. The van der Waals surface area contributed by atoms with Gasteiger partial charge in [-0.2, -0.15) is 10.5 Å². The summed E-state index contributed by atoms with van der Waals surface area (Å²) in [5.41, 5.74) is 0.530. The summed E-state index contributed by atoms with van der Waals surface area (Å²) in [5.74, 6) is 0. The number of imidazole rings is 1. The van der Waals surface area contributed by atoms with Gasteiger partial charge in [-0.15, -0.1) is 0 Å². The predicted molar refractivity (Wildman–Crippen MR) is 57.2 cm³/mol. The molecule has 0 atom stereocenters. The number of nitriles is 2. The number of unbranched alkanes of at least 4 members (excludes halogenated alkanes) is 3. The molecule has 1 heterocycles. The predicted octanol–water partition coefficient (Wildman–Crippen LogP) is 1.18. The van der Waals surface area contributed by atoms with Gasteiger partial charge in [0.2, 0.25) is 0 Å². The fraction of sp³-hybridized carbons (Fsp3) is 0.545. The highest BCUT2D eigenvalue weighted by molar-refractivity contribution is 5.35. The molecule has 0 spiro atoms. The van der Waals surface area contributed by atoms with E-state index in [1.165, 1.54) is 6.33 Å². The SMILES string of the molecule is N#Cc1ncn(CCCCCCO)c1C#N. The Bertz CT molecular complexity index is 411. The summed E-state index contributed by atoms with van der Waals surface area (Å²) in [6.45, 7) is 0.927. The molecule has 0 unspecified atom stereocenters. The van der Waals surface area contributed by atoms with Crippen molar-refractivity contribution in [3.05, 3.63) is 17.7 Å². The molecule has 0 saturated carbocycles. The van der Waals surface area contributed by atoms with Gasteiger partial charge < -0.3 is 9.67 Å². The Morgan fingerprint density at radius 3 is 2.56 bits per heavy atom. The number of aliphatic hydroxyl groups is 1. The first kappa shape index (κ1) is 12.2. The maximum Gasteiger partial charge on any atom is 0.176 e. The van der Waals surface area contributed by atoms with E-state index in [2.05, 4.69) is 4.98 Å².